The van der Waals surface area contributed by atoms with Crippen molar-refractivity contribution in [3.05, 3.63) is 53.3 Å². The molecule has 1 aromatic heterocycles. The summed E-state index contributed by atoms with van der Waals surface area (Å²) < 4.78 is 24.6. The molecular weight excluding hydrogens is 287 g/mol. The van der Waals surface area contributed by atoms with Gasteiger partial charge in [0.15, 0.2) is 0 Å². The second-order valence-corrected chi connectivity index (χ2v) is 4.96. The predicted octanol–water partition coefficient (Wildman–Crippen LogP) is 2.80. The van der Waals surface area contributed by atoms with Crippen molar-refractivity contribution < 1.29 is 18.7 Å². The monoisotopic (exact) mass is 302 g/mol. The molecule has 1 unspecified atom stereocenters. The Bertz CT molecular complexity index is 731. The summed E-state index contributed by atoms with van der Waals surface area (Å²) in [5.41, 5.74) is 1.84. The summed E-state index contributed by atoms with van der Waals surface area (Å²) in [6.07, 6.45) is 1.40. The number of methoxy groups -OCH3 is 1. The Morgan fingerprint density at radius 3 is 3.00 bits per heavy atom. The Kier molecular flexibility index (Phi) is 4.02. The number of aromatic nitrogens is 2. The minimum absolute atomic E-state index is 0.0861. The van der Waals surface area contributed by atoms with Gasteiger partial charge < -0.3 is 14.5 Å². The first-order chi connectivity index (χ1) is 10.7. The molecule has 2 aromatic rings. The van der Waals surface area contributed by atoms with Gasteiger partial charge in [0.25, 0.3) is 0 Å². The van der Waals surface area contributed by atoms with Crippen molar-refractivity contribution in [1.82, 2.24) is 9.97 Å². The number of carbonyl (C=O) groups is 1. The lowest BCUT2D eigenvalue weighted by atomic mass is 10.0. The SMILES string of the molecule is COC1CC(C=O)=C(F)C=C1OCc1nc2ccccc2[nH]1. The van der Waals surface area contributed by atoms with Gasteiger partial charge in [-0.3, -0.25) is 4.79 Å². The summed E-state index contributed by atoms with van der Waals surface area (Å²) in [5, 5.41) is 0. The number of benzene rings is 1. The predicted molar refractivity (Wildman–Crippen MR) is 78.6 cm³/mol. The van der Waals surface area contributed by atoms with Gasteiger partial charge in [-0.25, -0.2) is 9.37 Å². The van der Waals surface area contributed by atoms with Crippen LogP contribution in [0.5, 0.6) is 0 Å². The molecule has 0 fully saturated rings. The zero-order chi connectivity index (χ0) is 15.5. The fourth-order valence-electron chi connectivity index (χ4n) is 2.37. The number of aromatic amines is 1. The second kappa shape index (κ2) is 6.11. The number of nitrogens with one attached hydrogen (secondary N) is 1. The number of para-hydroxylation sites is 2. The van der Waals surface area contributed by atoms with E-state index in [2.05, 4.69) is 9.97 Å². The molecule has 0 aliphatic heterocycles. The van der Waals surface area contributed by atoms with Crippen molar-refractivity contribution >= 4 is 17.3 Å². The summed E-state index contributed by atoms with van der Waals surface area (Å²) in [6.45, 7) is 0.171. The summed E-state index contributed by atoms with van der Waals surface area (Å²) in [5.74, 6) is 0.413. The molecule has 0 amide bonds. The largest absolute Gasteiger partial charge is 0.487 e. The van der Waals surface area contributed by atoms with Crippen LogP contribution >= 0.6 is 0 Å². The number of ether oxygens (including phenoxy) is 2. The van der Waals surface area contributed by atoms with E-state index in [4.69, 9.17) is 9.47 Å². The van der Waals surface area contributed by atoms with Crippen LogP contribution in [-0.4, -0.2) is 29.5 Å². The van der Waals surface area contributed by atoms with E-state index in [0.29, 0.717) is 17.9 Å². The minimum Gasteiger partial charge on any atom is -0.487 e. The van der Waals surface area contributed by atoms with Crippen LogP contribution in [0.3, 0.4) is 0 Å². The van der Waals surface area contributed by atoms with Crippen molar-refractivity contribution in [1.29, 1.82) is 0 Å². The average Bonchev–Trinajstić information content (AvgIpc) is 2.95. The van der Waals surface area contributed by atoms with Crippen LogP contribution in [0, 0.1) is 0 Å². The zero-order valence-corrected chi connectivity index (χ0v) is 12.0. The van der Waals surface area contributed by atoms with Gasteiger partial charge in [0.1, 0.15) is 36.4 Å². The lowest BCUT2D eigenvalue weighted by molar-refractivity contribution is -0.105. The van der Waals surface area contributed by atoms with Crippen LogP contribution in [0.1, 0.15) is 12.2 Å². The van der Waals surface area contributed by atoms with Crippen LogP contribution in [0.2, 0.25) is 0 Å². The molecule has 0 bridgehead atoms. The topological polar surface area (TPSA) is 64.2 Å². The van der Waals surface area contributed by atoms with E-state index in [9.17, 15) is 9.18 Å². The number of aldehydes is 1. The van der Waals surface area contributed by atoms with E-state index in [1.807, 2.05) is 24.3 Å². The number of nitrogens with zero attached hydrogens (tertiary/aromatic N) is 1. The minimum atomic E-state index is -0.581. The molecule has 1 aliphatic rings. The highest BCUT2D eigenvalue weighted by Gasteiger charge is 2.25. The van der Waals surface area contributed by atoms with Crippen molar-refractivity contribution in [2.45, 2.75) is 19.1 Å². The number of halogens is 1. The Hall–Kier alpha value is -2.47. The molecule has 0 radical (unpaired) electrons. The van der Waals surface area contributed by atoms with Gasteiger partial charge in [-0.05, 0) is 12.1 Å². The molecule has 1 N–H and O–H groups in total. The fourth-order valence-corrected chi connectivity index (χ4v) is 2.37. The number of hydrogen-bond donors (Lipinski definition) is 1. The van der Waals surface area contributed by atoms with Crippen LogP contribution in [-0.2, 0) is 20.9 Å². The third kappa shape index (κ3) is 2.78. The molecule has 3 rings (SSSR count). The summed E-state index contributed by atoms with van der Waals surface area (Å²) in [6, 6.07) is 7.63. The van der Waals surface area contributed by atoms with Gasteiger partial charge >= 0.3 is 0 Å². The molecule has 6 heteroatoms. The normalized spacial score (nSPS) is 18.5. The number of allylic oxidation sites excluding steroid dienone is 2. The molecular formula is C16H15FN2O3. The number of rotatable bonds is 5. The molecule has 0 spiro atoms. The summed E-state index contributed by atoms with van der Waals surface area (Å²) in [4.78, 5) is 18.3. The third-order valence-electron chi connectivity index (χ3n) is 3.54. The molecule has 0 saturated heterocycles. The second-order valence-electron chi connectivity index (χ2n) is 4.96. The van der Waals surface area contributed by atoms with Crippen molar-refractivity contribution in [2.24, 2.45) is 0 Å². The lowest BCUT2D eigenvalue weighted by Gasteiger charge is -2.22. The Morgan fingerprint density at radius 2 is 2.27 bits per heavy atom. The highest BCUT2D eigenvalue weighted by molar-refractivity contribution is 5.76. The maximum Gasteiger partial charge on any atom is 0.149 e. The fraction of sp³-hybridized carbons (Fsp3) is 0.250. The Morgan fingerprint density at radius 1 is 1.45 bits per heavy atom. The first-order valence-corrected chi connectivity index (χ1v) is 6.86. The smallest absolute Gasteiger partial charge is 0.149 e. The van der Waals surface area contributed by atoms with Gasteiger partial charge in [0, 0.05) is 25.2 Å². The van der Waals surface area contributed by atoms with Crippen molar-refractivity contribution in [3.8, 4) is 0 Å². The number of H-pyrrole nitrogens is 1. The van der Waals surface area contributed by atoms with E-state index < -0.39 is 11.9 Å². The standard InChI is InChI=1S/C16H15FN2O3/c1-21-14-6-10(8-20)11(17)7-15(14)22-9-16-18-12-4-2-3-5-13(12)19-16/h2-5,7-8,14H,6,9H2,1H3,(H,18,19). The molecule has 0 saturated carbocycles. The number of imidazole rings is 1. The summed E-state index contributed by atoms with van der Waals surface area (Å²) in [7, 11) is 1.49. The molecule has 1 heterocycles. The molecule has 1 aliphatic carbocycles. The maximum absolute atomic E-state index is 13.7. The first-order valence-electron chi connectivity index (χ1n) is 6.86. The molecule has 22 heavy (non-hydrogen) atoms. The number of carbonyl (C=O) groups excluding carboxylic acids is 1. The van der Waals surface area contributed by atoms with Gasteiger partial charge in [-0.15, -0.1) is 0 Å². The van der Waals surface area contributed by atoms with E-state index in [0.717, 1.165) is 11.0 Å². The first kappa shape index (κ1) is 14.5. The van der Waals surface area contributed by atoms with E-state index >= 15 is 0 Å². The zero-order valence-electron chi connectivity index (χ0n) is 12.0. The highest BCUT2D eigenvalue weighted by Crippen LogP contribution is 2.27. The van der Waals surface area contributed by atoms with Crippen LogP contribution in [0.15, 0.2) is 47.5 Å². The van der Waals surface area contributed by atoms with Gasteiger partial charge in [-0.2, -0.15) is 0 Å². The molecule has 1 aromatic carbocycles. The molecule has 5 nitrogen and oxygen atoms in total. The number of hydrogen-bond acceptors (Lipinski definition) is 4. The third-order valence-corrected chi connectivity index (χ3v) is 3.54. The van der Waals surface area contributed by atoms with Crippen molar-refractivity contribution in [3.63, 3.8) is 0 Å². The van der Waals surface area contributed by atoms with Crippen LogP contribution in [0.25, 0.3) is 11.0 Å². The van der Waals surface area contributed by atoms with E-state index in [1.54, 1.807) is 0 Å². The molecule has 114 valence electrons. The van der Waals surface area contributed by atoms with E-state index in [1.165, 1.54) is 13.2 Å². The van der Waals surface area contributed by atoms with Gasteiger partial charge in [0.05, 0.1) is 11.0 Å². The van der Waals surface area contributed by atoms with Crippen molar-refractivity contribution in [2.75, 3.05) is 7.11 Å². The van der Waals surface area contributed by atoms with Gasteiger partial charge in [0.2, 0.25) is 0 Å². The Balaban J connectivity index is 1.76. The summed E-state index contributed by atoms with van der Waals surface area (Å²) >= 11 is 0. The Labute approximate surface area is 126 Å². The highest BCUT2D eigenvalue weighted by atomic mass is 19.1. The van der Waals surface area contributed by atoms with Crippen LogP contribution in [0.4, 0.5) is 4.39 Å². The maximum atomic E-state index is 13.7. The lowest BCUT2D eigenvalue weighted by Crippen LogP contribution is -2.21. The van der Waals surface area contributed by atoms with E-state index in [-0.39, 0.29) is 18.6 Å². The number of fused-ring (bicyclic) bond motifs is 1. The van der Waals surface area contributed by atoms with Crippen LogP contribution < -0.4 is 0 Å². The molecule has 1 atom stereocenters. The van der Waals surface area contributed by atoms with Gasteiger partial charge in [-0.1, -0.05) is 12.1 Å². The quantitative estimate of drug-likeness (QED) is 0.863. The average molecular weight is 302 g/mol.